The number of nitrogens with one attached hydrogen (secondary N) is 1. The van der Waals surface area contributed by atoms with Gasteiger partial charge < -0.3 is 10.4 Å². The number of hydrogen-bond donors (Lipinski definition) is 2. The van der Waals surface area contributed by atoms with E-state index < -0.39 is 18.8 Å². The number of aromatic nitrogens is 3. The number of nitrogens with zero attached hydrogens (tertiary/aromatic N) is 4. The van der Waals surface area contributed by atoms with Gasteiger partial charge in [0.05, 0.1) is 11.9 Å². The minimum Gasteiger partial charge on any atom is -0.382 e. The molecule has 23 heavy (non-hydrogen) atoms. The van der Waals surface area contributed by atoms with Crippen LogP contribution >= 0.6 is 0 Å². The molecule has 0 amide bonds. The number of aliphatic hydroxyl groups excluding tert-OH is 1. The smallest absolute Gasteiger partial charge is 0.382 e. The van der Waals surface area contributed by atoms with E-state index in [1.165, 1.54) is 0 Å². The van der Waals surface area contributed by atoms with Crippen molar-refractivity contribution in [3.63, 3.8) is 0 Å². The zero-order valence-electron chi connectivity index (χ0n) is 12.6. The molecule has 0 aliphatic carbocycles. The van der Waals surface area contributed by atoms with Gasteiger partial charge in [-0.1, -0.05) is 0 Å². The Morgan fingerprint density at radius 1 is 1.43 bits per heavy atom. The second-order valence-electron chi connectivity index (χ2n) is 5.85. The van der Waals surface area contributed by atoms with Gasteiger partial charge in [-0.25, -0.2) is 9.50 Å². The van der Waals surface area contributed by atoms with E-state index in [4.69, 9.17) is 5.11 Å². The highest BCUT2D eigenvalue weighted by Crippen LogP contribution is 2.23. The number of imidazole rings is 1. The minimum atomic E-state index is -4.57. The van der Waals surface area contributed by atoms with E-state index in [2.05, 4.69) is 15.4 Å². The SMILES string of the molecule is Cc1cn2nc(NC3CCN(CC(O)C(F)(F)F)C3)ccc2n1. The Balaban J connectivity index is 1.58. The summed E-state index contributed by atoms with van der Waals surface area (Å²) in [5, 5.41) is 16.7. The number of aryl methyl sites for hydroxylation is 1. The van der Waals surface area contributed by atoms with E-state index in [1.54, 1.807) is 21.7 Å². The van der Waals surface area contributed by atoms with Crippen LogP contribution in [0.2, 0.25) is 0 Å². The molecule has 2 aromatic heterocycles. The zero-order valence-corrected chi connectivity index (χ0v) is 12.6. The van der Waals surface area contributed by atoms with E-state index in [1.807, 2.05) is 13.0 Å². The van der Waals surface area contributed by atoms with Crippen LogP contribution in [0.15, 0.2) is 18.3 Å². The third-order valence-electron chi connectivity index (χ3n) is 3.87. The molecule has 1 aliphatic rings. The molecule has 2 N–H and O–H groups in total. The van der Waals surface area contributed by atoms with Crippen LogP contribution in [0.3, 0.4) is 0 Å². The van der Waals surface area contributed by atoms with E-state index in [-0.39, 0.29) is 6.04 Å². The Bertz CT molecular complexity index is 687. The second-order valence-corrected chi connectivity index (χ2v) is 5.85. The van der Waals surface area contributed by atoms with Crippen molar-refractivity contribution >= 4 is 11.5 Å². The summed E-state index contributed by atoms with van der Waals surface area (Å²) in [6, 6.07) is 3.64. The first kappa shape index (κ1) is 16.0. The summed E-state index contributed by atoms with van der Waals surface area (Å²) in [6.07, 6.45) is -4.36. The molecule has 1 fully saturated rings. The van der Waals surface area contributed by atoms with E-state index in [0.29, 0.717) is 25.3 Å². The number of anilines is 1. The van der Waals surface area contributed by atoms with Gasteiger partial charge in [-0.2, -0.15) is 13.2 Å². The molecule has 9 heteroatoms. The summed E-state index contributed by atoms with van der Waals surface area (Å²) in [5.41, 5.74) is 1.61. The summed E-state index contributed by atoms with van der Waals surface area (Å²) >= 11 is 0. The van der Waals surface area contributed by atoms with Crippen molar-refractivity contribution in [2.45, 2.75) is 31.7 Å². The third-order valence-corrected chi connectivity index (χ3v) is 3.87. The molecule has 2 unspecified atom stereocenters. The van der Waals surface area contributed by atoms with Crippen LogP contribution in [0, 0.1) is 6.92 Å². The quantitative estimate of drug-likeness (QED) is 0.889. The molecule has 1 aliphatic heterocycles. The maximum absolute atomic E-state index is 12.4. The average molecular weight is 329 g/mol. The summed E-state index contributed by atoms with van der Waals surface area (Å²) in [4.78, 5) is 5.89. The van der Waals surface area contributed by atoms with Crippen LogP contribution in [-0.2, 0) is 0 Å². The number of rotatable bonds is 4. The molecule has 2 atom stereocenters. The van der Waals surface area contributed by atoms with Gasteiger partial charge in [0.1, 0.15) is 5.82 Å². The van der Waals surface area contributed by atoms with Crippen molar-refractivity contribution < 1.29 is 18.3 Å². The molecule has 0 spiro atoms. The Kier molecular flexibility index (Phi) is 4.15. The molecule has 126 valence electrons. The molecule has 0 radical (unpaired) electrons. The zero-order chi connectivity index (χ0) is 16.6. The molecule has 0 aromatic carbocycles. The van der Waals surface area contributed by atoms with E-state index >= 15 is 0 Å². The van der Waals surface area contributed by atoms with Crippen LogP contribution in [0.25, 0.3) is 5.65 Å². The summed E-state index contributed by atoms with van der Waals surface area (Å²) in [6.45, 7) is 2.44. The van der Waals surface area contributed by atoms with Gasteiger partial charge in [0.25, 0.3) is 0 Å². The molecule has 1 saturated heterocycles. The number of hydrogen-bond acceptors (Lipinski definition) is 5. The highest BCUT2D eigenvalue weighted by molar-refractivity contribution is 5.45. The van der Waals surface area contributed by atoms with Gasteiger partial charge in [-0.05, 0) is 25.5 Å². The number of β-amino-alcohol motifs (C(OH)–C–C–N with tert-alkyl or cyclic N) is 1. The number of halogens is 3. The Labute approximate surface area is 130 Å². The maximum atomic E-state index is 12.4. The predicted molar refractivity (Wildman–Crippen MR) is 78.3 cm³/mol. The predicted octanol–water partition coefficient (Wildman–Crippen LogP) is 1.45. The van der Waals surface area contributed by atoms with Gasteiger partial charge in [0, 0.05) is 25.7 Å². The lowest BCUT2D eigenvalue weighted by Gasteiger charge is -2.22. The molecule has 6 nitrogen and oxygen atoms in total. The first-order chi connectivity index (χ1) is 10.8. The first-order valence-corrected chi connectivity index (χ1v) is 7.38. The van der Waals surface area contributed by atoms with Gasteiger partial charge in [0.15, 0.2) is 11.8 Å². The fourth-order valence-corrected chi connectivity index (χ4v) is 2.75. The van der Waals surface area contributed by atoms with E-state index in [9.17, 15) is 13.2 Å². The lowest BCUT2D eigenvalue weighted by atomic mass is 10.2. The molecule has 2 aromatic rings. The normalized spacial score (nSPS) is 21.0. The number of alkyl halides is 3. The maximum Gasteiger partial charge on any atom is 0.415 e. The third kappa shape index (κ3) is 3.73. The Morgan fingerprint density at radius 3 is 2.96 bits per heavy atom. The molecular weight excluding hydrogens is 311 g/mol. The van der Waals surface area contributed by atoms with Crippen LogP contribution < -0.4 is 5.32 Å². The standard InChI is InChI=1S/C14H18F3N5O/c1-9-6-22-13(18-9)3-2-12(20-22)19-10-4-5-21(7-10)8-11(23)14(15,16)17/h2-3,6,10-11,23H,4-5,7-8H2,1H3,(H,19,20). The lowest BCUT2D eigenvalue weighted by molar-refractivity contribution is -0.207. The van der Waals surface area contributed by atoms with Gasteiger partial charge in [0.2, 0.25) is 0 Å². The van der Waals surface area contributed by atoms with Gasteiger partial charge >= 0.3 is 6.18 Å². The minimum absolute atomic E-state index is 0.00463. The topological polar surface area (TPSA) is 65.7 Å². The Morgan fingerprint density at radius 2 is 2.22 bits per heavy atom. The van der Waals surface area contributed by atoms with Crippen molar-refractivity contribution in [2.75, 3.05) is 25.0 Å². The van der Waals surface area contributed by atoms with Crippen molar-refractivity contribution in [2.24, 2.45) is 0 Å². The van der Waals surface area contributed by atoms with Gasteiger partial charge in [-0.15, -0.1) is 5.10 Å². The summed E-state index contributed by atoms with van der Waals surface area (Å²) < 4.78 is 38.8. The van der Waals surface area contributed by atoms with Crippen molar-refractivity contribution in [3.8, 4) is 0 Å². The molecule has 3 rings (SSSR count). The van der Waals surface area contributed by atoms with E-state index in [0.717, 1.165) is 11.3 Å². The van der Waals surface area contributed by atoms with Crippen LogP contribution in [0.1, 0.15) is 12.1 Å². The second kappa shape index (κ2) is 5.97. The molecular formula is C14H18F3N5O. The van der Waals surface area contributed by atoms with Crippen molar-refractivity contribution in [1.29, 1.82) is 0 Å². The molecule has 3 heterocycles. The summed E-state index contributed by atoms with van der Waals surface area (Å²) in [5.74, 6) is 0.651. The monoisotopic (exact) mass is 329 g/mol. The number of aliphatic hydroxyl groups is 1. The highest BCUT2D eigenvalue weighted by atomic mass is 19.4. The lowest BCUT2D eigenvalue weighted by Crippen LogP contribution is -2.40. The largest absolute Gasteiger partial charge is 0.415 e. The number of likely N-dealkylation sites (tertiary alicyclic amines) is 1. The fraction of sp³-hybridized carbons (Fsp3) is 0.571. The summed E-state index contributed by atoms with van der Waals surface area (Å²) in [7, 11) is 0. The van der Waals surface area contributed by atoms with Crippen molar-refractivity contribution in [3.05, 3.63) is 24.0 Å². The van der Waals surface area contributed by atoms with Crippen molar-refractivity contribution in [1.82, 2.24) is 19.5 Å². The van der Waals surface area contributed by atoms with Crippen LogP contribution in [-0.4, -0.2) is 62.6 Å². The van der Waals surface area contributed by atoms with Crippen LogP contribution in [0.4, 0.5) is 19.0 Å². The number of fused-ring (bicyclic) bond motifs is 1. The van der Waals surface area contributed by atoms with Crippen LogP contribution in [0.5, 0.6) is 0 Å². The first-order valence-electron chi connectivity index (χ1n) is 7.38. The fourth-order valence-electron chi connectivity index (χ4n) is 2.75. The highest BCUT2D eigenvalue weighted by Gasteiger charge is 2.40. The Hall–Kier alpha value is -1.87. The van der Waals surface area contributed by atoms with Gasteiger partial charge in [-0.3, -0.25) is 4.90 Å². The molecule has 0 saturated carbocycles. The average Bonchev–Trinajstić information content (AvgIpc) is 3.03. The molecule has 0 bridgehead atoms.